The molecule has 1 aliphatic rings. The van der Waals surface area contributed by atoms with Gasteiger partial charge in [-0.25, -0.2) is 4.79 Å². The van der Waals surface area contributed by atoms with Crippen molar-refractivity contribution in [3.63, 3.8) is 0 Å². The maximum atomic E-state index is 10.5. The number of rotatable bonds is 1. The highest BCUT2D eigenvalue weighted by atomic mass is 16.5. The maximum Gasteiger partial charge on any atom is 0.334 e. The van der Waals surface area contributed by atoms with Crippen LogP contribution in [0.5, 0.6) is 0 Å². The van der Waals surface area contributed by atoms with E-state index in [1.807, 2.05) is 0 Å². The van der Waals surface area contributed by atoms with Crippen molar-refractivity contribution in [1.29, 1.82) is 0 Å². The Labute approximate surface area is 67.8 Å². The molecule has 0 radical (unpaired) electrons. The SMILES string of the molecule is O=C(O)C1Cn2cnnc2CO1. The monoisotopic (exact) mass is 169 g/mol. The molecule has 0 fully saturated rings. The Bertz CT molecular complexity index is 309. The van der Waals surface area contributed by atoms with Gasteiger partial charge in [-0.15, -0.1) is 10.2 Å². The van der Waals surface area contributed by atoms with E-state index in [0.717, 1.165) is 0 Å². The Balaban J connectivity index is 2.20. The zero-order valence-corrected chi connectivity index (χ0v) is 6.17. The van der Waals surface area contributed by atoms with Gasteiger partial charge < -0.3 is 14.4 Å². The predicted octanol–water partition coefficient (Wildman–Crippen LogP) is -0.739. The first kappa shape index (κ1) is 7.23. The molecule has 0 amide bonds. The highest BCUT2D eigenvalue weighted by molar-refractivity contribution is 5.72. The zero-order valence-electron chi connectivity index (χ0n) is 6.17. The maximum absolute atomic E-state index is 10.5. The second-order valence-corrected chi connectivity index (χ2v) is 2.54. The summed E-state index contributed by atoms with van der Waals surface area (Å²) < 4.78 is 6.68. The Kier molecular flexibility index (Phi) is 1.54. The highest BCUT2D eigenvalue weighted by Crippen LogP contribution is 2.10. The van der Waals surface area contributed by atoms with Gasteiger partial charge in [0.25, 0.3) is 0 Å². The number of aliphatic carboxylic acids is 1. The Morgan fingerprint density at radius 2 is 2.67 bits per heavy atom. The van der Waals surface area contributed by atoms with Gasteiger partial charge in [0.15, 0.2) is 11.9 Å². The van der Waals surface area contributed by atoms with Crippen molar-refractivity contribution < 1.29 is 14.6 Å². The van der Waals surface area contributed by atoms with E-state index >= 15 is 0 Å². The van der Waals surface area contributed by atoms with Crippen LogP contribution in [-0.4, -0.2) is 31.9 Å². The fraction of sp³-hybridized carbons (Fsp3) is 0.500. The Morgan fingerprint density at radius 1 is 1.83 bits per heavy atom. The lowest BCUT2D eigenvalue weighted by atomic mass is 10.3. The first-order valence-electron chi connectivity index (χ1n) is 3.48. The van der Waals surface area contributed by atoms with Crippen molar-refractivity contribution in [1.82, 2.24) is 14.8 Å². The molecule has 6 nitrogen and oxygen atoms in total. The van der Waals surface area contributed by atoms with Gasteiger partial charge in [-0.2, -0.15) is 0 Å². The fourth-order valence-corrected chi connectivity index (χ4v) is 1.10. The number of fused-ring (bicyclic) bond motifs is 1. The summed E-state index contributed by atoms with van der Waals surface area (Å²) in [5, 5.41) is 16.0. The summed E-state index contributed by atoms with van der Waals surface area (Å²) in [5.74, 6) is -0.276. The number of ether oxygens (including phenoxy) is 1. The molecular weight excluding hydrogens is 162 g/mol. The first-order valence-corrected chi connectivity index (χ1v) is 3.48. The van der Waals surface area contributed by atoms with Crippen LogP contribution in [0, 0.1) is 0 Å². The molecule has 1 unspecified atom stereocenters. The largest absolute Gasteiger partial charge is 0.479 e. The van der Waals surface area contributed by atoms with Crippen LogP contribution in [-0.2, 0) is 22.7 Å². The summed E-state index contributed by atoms with van der Waals surface area (Å²) in [7, 11) is 0. The lowest BCUT2D eigenvalue weighted by Gasteiger charge is -2.19. The van der Waals surface area contributed by atoms with Crippen molar-refractivity contribution in [2.45, 2.75) is 19.3 Å². The van der Waals surface area contributed by atoms with Crippen LogP contribution in [0.1, 0.15) is 5.82 Å². The van der Waals surface area contributed by atoms with E-state index in [-0.39, 0.29) is 13.2 Å². The molecule has 0 spiro atoms. The number of hydrogen-bond donors (Lipinski definition) is 1. The van der Waals surface area contributed by atoms with Crippen molar-refractivity contribution >= 4 is 5.97 Å². The van der Waals surface area contributed by atoms with Crippen LogP contribution < -0.4 is 0 Å². The van der Waals surface area contributed by atoms with Gasteiger partial charge in [-0.3, -0.25) is 0 Å². The third-order valence-corrected chi connectivity index (χ3v) is 1.75. The Hall–Kier alpha value is -1.43. The van der Waals surface area contributed by atoms with Crippen LogP contribution in [0.2, 0.25) is 0 Å². The predicted molar refractivity (Wildman–Crippen MR) is 36.2 cm³/mol. The molecule has 6 heteroatoms. The minimum absolute atomic E-state index is 0.219. The first-order chi connectivity index (χ1) is 5.77. The summed E-state index contributed by atoms with van der Waals surface area (Å²) in [6, 6.07) is 0. The topological polar surface area (TPSA) is 77.2 Å². The van der Waals surface area contributed by atoms with E-state index in [2.05, 4.69) is 10.2 Å². The van der Waals surface area contributed by atoms with Crippen LogP contribution in [0.3, 0.4) is 0 Å². The normalized spacial score (nSPS) is 21.8. The van der Waals surface area contributed by atoms with E-state index in [4.69, 9.17) is 9.84 Å². The third kappa shape index (κ3) is 1.06. The lowest BCUT2D eigenvalue weighted by Crippen LogP contribution is -2.33. The number of aromatic nitrogens is 3. The molecule has 0 saturated heterocycles. The second-order valence-electron chi connectivity index (χ2n) is 2.54. The average molecular weight is 169 g/mol. The van der Waals surface area contributed by atoms with Crippen LogP contribution in [0.15, 0.2) is 6.33 Å². The zero-order chi connectivity index (χ0) is 8.55. The van der Waals surface area contributed by atoms with Crippen molar-refractivity contribution in [3.05, 3.63) is 12.2 Å². The molecule has 0 bridgehead atoms. The van der Waals surface area contributed by atoms with E-state index in [0.29, 0.717) is 5.82 Å². The molecule has 0 saturated carbocycles. The van der Waals surface area contributed by atoms with Gasteiger partial charge in [0.05, 0.1) is 6.54 Å². The van der Waals surface area contributed by atoms with Gasteiger partial charge in [-0.1, -0.05) is 0 Å². The molecule has 0 aromatic carbocycles. The minimum atomic E-state index is -0.950. The summed E-state index contributed by atoms with van der Waals surface area (Å²) >= 11 is 0. The smallest absolute Gasteiger partial charge is 0.334 e. The number of carbonyl (C=O) groups is 1. The quantitative estimate of drug-likeness (QED) is 0.599. The van der Waals surface area contributed by atoms with E-state index in [1.54, 1.807) is 4.57 Å². The fourth-order valence-electron chi connectivity index (χ4n) is 1.10. The van der Waals surface area contributed by atoms with E-state index in [1.165, 1.54) is 6.33 Å². The van der Waals surface area contributed by atoms with Crippen LogP contribution in [0.4, 0.5) is 0 Å². The number of nitrogens with zero attached hydrogens (tertiary/aromatic N) is 3. The highest BCUT2D eigenvalue weighted by Gasteiger charge is 2.25. The van der Waals surface area contributed by atoms with Gasteiger partial charge in [0, 0.05) is 0 Å². The van der Waals surface area contributed by atoms with Crippen molar-refractivity contribution in [2.24, 2.45) is 0 Å². The minimum Gasteiger partial charge on any atom is -0.479 e. The average Bonchev–Trinajstić information content (AvgIpc) is 2.49. The van der Waals surface area contributed by atoms with Crippen LogP contribution >= 0.6 is 0 Å². The molecule has 2 rings (SSSR count). The standard InChI is InChI=1S/C6H7N3O3/c10-6(11)4-1-9-3-7-8-5(9)2-12-4/h3-4H,1-2H2,(H,10,11). The molecule has 1 aromatic heterocycles. The van der Waals surface area contributed by atoms with E-state index < -0.39 is 12.1 Å². The van der Waals surface area contributed by atoms with Crippen molar-refractivity contribution in [2.75, 3.05) is 0 Å². The van der Waals surface area contributed by atoms with E-state index in [9.17, 15) is 4.79 Å². The van der Waals surface area contributed by atoms with Gasteiger partial charge in [0.1, 0.15) is 12.9 Å². The molecule has 0 aliphatic carbocycles. The molecule has 12 heavy (non-hydrogen) atoms. The van der Waals surface area contributed by atoms with Crippen molar-refractivity contribution in [3.8, 4) is 0 Å². The Morgan fingerprint density at radius 3 is 3.42 bits per heavy atom. The summed E-state index contributed by atoms with van der Waals surface area (Å²) in [5.41, 5.74) is 0. The molecule has 2 heterocycles. The molecular formula is C6H7N3O3. The summed E-state index contributed by atoms with van der Waals surface area (Å²) in [4.78, 5) is 10.5. The lowest BCUT2D eigenvalue weighted by molar-refractivity contribution is -0.154. The number of hydrogen-bond acceptors (Lipinski definition) is 4. The molecule has 64 valence electrons. The number of carboxylic acids is 1. The molecule has 1 aromatic rings. The van der Waals surface area contributed by atoms with Gasteiger partial charge >= 0.3 is 5.97 Å². The number of carboxylic acid groups (broad SMARTS) is 1. The van der Waals surface area contributed by atoms with Gasteiger partial charge in [0.2, 0.25) is 0 Å². The van der Waals surface area contributed by atoms with Crippen LogP contribution in [0.25, 0.3) is 0 Å². The second kappa shape index (κ2) is 2.56. The summed E-state index contributed by atoms with van der Waals surface area (Å²) in [6.45, 7) is 0.509. The molecule has 1 N–H and O–H groups in total. The van der Waals surface area contributed by atoms with Gasteiger partial charge in [-0.05, 0) is 0 Å². The summed E-state index contributed by atoms with van der Waals surface area (Å²) in [6.07, 6.45) is 0.738. The third-order valence-electron chi connectivity index (χ3n) is 1.75. The molecule has 1 aliphatic heterocycles. The molecule has 1 atom stereocenters.